The van der Waals surface area contributed by atoms with Crippen LogP contribution in [0.15, 0.2) is 18.2 Å². The molecule has 1 aromatic carbocycles. The summed E-state index contributed by atoms with van der Waals surface area (Å²) in [6.07, 6.45) is 0. The van der Waals surface area contributed by atoms with E-state index in [1.165, 1.54) is 32.2 Å². The largest absolute Gasteiger partial charge is 0.493 e. The molecule has 0 aliphatic heterocycles. The van der Waals surface area contributed by atoms with E-state index >= 15 is 0 Å². The van der Waals surface area contributed by atoms with Crippen molar-refractivity contribution in [1.82, 2.24) is 5.32 Å². The molecule has 1 rings (SSSR count). The van der Waals surface area contributed by atoms with Crippen LogP contribution in [0.5, 0.6) is 11.5 Å². The first-order valence-corrected chi connectivity index (χ1v) is 5.52. The van der Waals surface area contributed by atoms with Crippen LogP contribution in [0.25, 0.3) is 0 Å². The molecule has 0 fully saturated rings. The third kappa shape index (κ3) is 3.81. The van der Waals surface area contributed by atoms with Gasteiger partial charge in [0, 0.05) is 0 Å². The molecule has 0 aliphatic rings. The number of nitrogens with one attached hydrogen (secondary N) is 1. The Kier molecular flexibility index (Phi) is 5.24. The van der Waals surface area contributed by atoms with Crippen molar-refractivity contribution in [3.8, 4) is 11.5 Å². The number of amides is 1. The number of benzene rings is 1. The van der Waals surface area contributed by atoms with Crippen LogP contribution in [0.2, 0.25) is 0 Å². The zero-order valence-electron chi connectivity index (χ0n) is 10.7. The topological polar surface area (TPSA) is 84.9 Å². The Balaban J connectivity index is 3.09. The van der Waals surface area contributed by atoms with Gasteiger partial charge in [0.1, 0.15) is 6.04 Å². The van der Waals surface area contributed by atoms with Gasteiger partial charge in [-0.1, -0.05) is 6.07 Å². The quantitative estimate of drug-likeness (QED) is 0.829. The Labute approximate surface area is 113 Å². The van der Waals surface area contributed by atoms with Gasteiger partial charge >= 0.3 is 12.6 Å². The van der Waals surface area contributed by atoms with Gasteiger partial charge in [-0.3, -0.25) is 9.59 Å². The van der Waals surface area contributed by atoms with E-state index < -0.39 is 30.3 Å². The highest BCUT2D eigenvalue weighted by atomic mass is 19.3. The van der Waals surface area contributed by atoms with Crippen LogP contribution in [-0.2, 0) is 4.79 Å². The highest BCUT2D eigenvalue weighted by Crippen LogP contribution is 2.32. The van der Waals surface area contributed by atoms with Crippen molar-refractivity contribution >= 4 is 11.9 Å². The molecule has 1 aromatic rings. The summed E-state index contributed by atoms with van der Waals surface area (Å²) in [5.74, 6) is -2.60. The monoisotopic (exact) mass is 289 g/mol. The zero-order valence-corrected chi connectivity index (χ0v) is 10.7. The normalized spacial score (nSPS) is 11.8. The third-order valence-corrected chi connectivity index (χ3v) is 2.37. The maximum atomic E-state index is 12.4. The van der Waals surface area contributed by atoms with Crippen molar-refractivity contribution in [3.05, 3.63) is 23.8 Å². The molecule has 0 aromatic heterocycles. The molecule has 6 nitrogen and oxygen atoms in total. The zero-order chi connectivity index (χ0) is 15.3. The fraction of sp³-hybridized carbons (Fsp3) is 0.333. The average Bonchev–Trinajstić information content (AvgIpc) is 2.37. The highest BCUT2D eigenvalue weighted by Gasteiger charge is 2.22. The lowest BCUT2D eigenvalue weighted by molar-refractivity contribution is -0.138. The summed E-state index contributed by atoms with van der Waals surface area (Å²) in [6, 6.07) is 2.80. The first-order chi connectivity index (χ1) is 9.36. The minimum atomic E-state index is -3.14. The van der Waals surface area contributed by atoms with Gasteiger partial charge in [0.25, 0.3) is 5.91 Å². The number of para-hydroxylation sites is 1. The van der Waals surface area contributed by atoms with Gasteiger partial charge in [-0.25, -0.2) is 0 Å². The van der Waals surface area contributed by atoms with Crippen LogP contribution in [-0.4, -0.2) is 36.7 Å². The van der Waals surface area contributed by atoms with E-state index in [0.29, 0.717) is 0 Å². The van der Waals surface area contributed by atoms with Gasteiger partial charge in [0.05, 0.1) is 12.7 Å². The van der Waals surface area contributed by atoms with Crippen LogP contribution in [0.3, 0.4) is 0 Å². The Morgan fingerprint density at radius 2 is 2.00 bits per heavy atom. The number of alkyl halides is 2. The molecule has 110 valence electrons. The second-order valence-corrected chi connectivity index (χ2v) is 3.75. The molecule has 0 spiro atoms. The standard InChI is InChI=1S/C12H13F2NO5/c1-6(11(17)18)15-10(16)7-4-3-5-8(19-2)9(7)20-12(13)14/h3-6,12H,1-2H3,(H,15,16)(H,17,18). The van der Waals surface area contributed by atoms with E-state index in [1.807, 2.05) is 0 Å². The molecular weight excluding hydrogens is 276 g/mol. The molecule has 20 heavy (non-hydrogen) atoms. The van der Waals surface area contributed by atoms with Crippen LogP contribution < -0.4 is 14.8 Å². The Bertz CT molecular complexity index is 507. The van der Waals surface area contributed by atoms with Crippen molar-refractivity contribution in [2.75, 3.05) is 7.11 Å². The first-order valence-electron chi connectivity index (χ1n) is 5.52. The van der Waals surface area contributed by atoms with E-state index in [0.717, 1.165) is 0 Å². The molecule has 1 amide bonds. The third-order valence-electron chi connectivity index (χ3n) is 2.37. The molecule has 1 unspecified atom stereocenters. The Hall–Kier alpha value is -2.38. The maximum Gasteiger partial charge on any atom is 0.387 e. The van der Waals surface area contributed by atoms with Crippen LogP contribution in [0, 0.1) is 0 Å². The van der Waals surface area contributed by atoms with Crippen molar-refractivity contribution in [1.29, 1.82) is 0 Å². The summed E-state index contributed by atoms with van der Waals surface area (Å²) in [6.45, 7) is -1.90. The number of carboxylic acid groups (broad SMARTS) is 1. The SMILES string of the molecule is COc1cccc(C(=O)NC(C)C(=O)O)c1OC(F)F. The van der Waals surface area contributed by atoms with Crippen LogP contribution >= 0.6 is 0 Å². The fourth-order valence-corrected chi connectivity index (χ4v) is 1.40. The number of hydrogen-bond acceptors (Lipinski definition) is 4. The lowest BCUT2D eigenvalue weighted by Crippen LogP contribution is -2.38. The number of methoxy groups -OCH3 is 1. The molecule has 0 heterocycles. The Morgan fingerprint density at radius 1 is 1.35 bits per heavy atom. The van der Waals surface area contributed by atoms with Crippen molar-refractivity contribution < 1.29 is 33.0 Å². The number of carbonyl (C=O) groups is 2. The number of hydrogen-bond donors (Lipinski definition) is 2. The molecule has 0 aliphatic carbocycles. The summed E-state index contributed by atoms with van der Waals surface area (Å²) in [7, 11) is 1.23. The summed E-state index contributed by atoms with van der Waals surface area (Å²) in [5, 5.41) is 10.8. The first kappa shape index (κ1) is 15.7. The summed E-state index contributed by atoms with van der Waals surface area (Å²) in [4.78, 5) is 22.5. The van der Waals surface area contributed by atoms with Gasteiger partial charge in [-0.2, -0.15) is 8.78 Å². The maximum absolute atomic E-state index is 12.4. The van der Waals surface area contributed by atoms with Gasteiger partial charge < -0.3 is 19.9 Å². The van der Waals surface area contributed by atoms with Crippen molar-refractivity contribution in [2.24, 2.45) is 0 Å². The van der Waals surface area contributed by atoms with Crippen molar-refractivity contribution in [3.63, 3.8) is 0 Å². The van der Waals surface area contributed by atoms with Gasteiger partial charge in [-0.15, -0.1) is 0 Å². The molecule has 0 radical (unpaired) electrons. The molecule has 2 N–H and O–H groups in total. The molecule has 1 atom stereocenters. The van der Waals surface area contributed by atoms with Crippen molar-refractivity contribution in [2.45, 2.75) is 19.6 Å². The van der Waals surface area contributed by atoms with E-state index in [2.05, 4.69) is 10.1 Å². The number of ether oxygens (including phenoxy) is 2. The van der Waals surface area contributed by atoms with Gasteiger partial charge in [0.15, 0.2) is 11.5 Å². The van der Waals surface area contributed by atoms with E-state index in [9.17, 15) is 18.4 Å². The minimum absolute atomic E-state index is 0.0547. The lowest BCUT2D eigenvalue weighted by Gasteiger charge is -2.15. The van der Waals surface area contributed by atoms with E-state index in [-0.39, 0.29) is 11.3 Å². The highest BCUT2D eigenvalue weighted by molar-refractivity contribution is 5.99. The Morgan fingerprint density at radius 3 is 2.50 bits per heavy atom. The van der Waals surface area contributed by atoms with Gasteiger partial charge in [-0.05, 0) is 19.1 Å². The summed E-state index contributed by atoms with van der Waals surface area (Å²) < 4.78 is 33.8. The summed E-state index contributed by atoms with van der Waals surface area (Å²) in [5.41, 5.74) is -0.238. The number of halogens is 2. The fourth-order valence-electron chi connectivity index (χ4n) is 1.40. The molecular formula is C12H13F2NO5. The van der Waals surface area contributed by atoms with Crippen LogP contribution in [0.4, 0.5) is 8.78 Å². The van der Waals surface area contributed by atoms with E-state index in [1.54, 1.807) is 0 Å². The van der Waals surface area contributed by atoms with Gasteiger partial charge in [0.2, 0.25) is 0 Å². The summed E-state index contributed by atoms with van der Waals surface area (Å²) >= 11 is 0. The molecule has 8 heteroatoms. The number of rotatable bonds is 6. The second-order valence-electron chi connectivity index (χ2n) is 3.75. The van der Waals surface area contributed by atoms with E-state index in [4.69, 9.17) is 9.84 Å². The van der Waals surface area contributed by atoms with Crippen LogP contribution in [0.1, 0.15) is 17.3 Å². The second kappa shape index (κ2) is 6.69. The number of aliphatic carboxylic acids is 1. The smallest absolute Gasteiger partial charge is 0.387 e. The predicted octanol–water partition coefficient (Wildman–Crippen LogP) is 1.50. The molecule has 0 saturated heterocycles. The molecule has 0 saturated carbocycles. The predicted molar refractivity (Wildman–Crippen MR) is 64.2 cm³/mol. The average molecular weight is 289 g/mol. The number of carbonyl (C=O) groups excluding carboxylic acids is 1. The molecule has 0 bridgehead atoms. The minimum Gasteiger partial charge on any atom is -0.493 e. The lowest BCUT2D eigenvalue weighted by atomic mass is 10.1. The number of carboxylic acids is 1.